The summed E-state index contributed by atoms with van der Waals surface area (Å²) < 4.78 is 52.0. The Hall–Kier alpha value is -2.54. The van der Waals surface area contributed by atoms with E-state index in [0.717, 1.165) is 0 Å². The number of phenolic OH excluding ortho intramolecular Hbond substituents is 1. The molecule has 0 aromatic heterocycles. The molecule has 17 heavy (non-hydrogen) atoms. The molecule has 7 heteroatoms. The van der Waals surface area contributed by atoms with Crippen molar-refractivity contribution in [1.82, 2.24) is 0 Å². The van der Waals surface area contributed by atoms with Gasteiger partial charge in [0.15, 0.2) is 17.4 Å². The van der Waals surface area contributed by atoms with Gasteiger partial charge in [0.1, 0.15) is 0 Å². The summed E-state index contributed by atoms with van der Waals surface area (Å²) in [5.74, 6) is -9.52. The molecule has 0 aliphatic heterocycles. The average Bonchev–Trinajstić information content (AvgIpc) is 2.34. The molecule has 0 unspecified atom stereocenters. The van der Waals surface area contributed by atoms with Crippen LogP contribution in [0.15, 0.2) is 5.70 Å². The Labute approximate surface area is 92.7 Å². The Bertz CT molecular complexity index is 551. The Morgan fingerprint density at radius 3 is 2.00 bits per heavy atom. The lowest BCUT2D eigenvalue weighted by Crippen LogP contribution is -2.00. The van der Waals surface area contributed by atoms with Crippen molar-refractivity contribution in [2.45, 2.75) is 0 Å². The van der Waals surface area contributed by atoms with Gasteiger partial charge in [-0.2, -0.15) is 8.78 Å². The van der Waals surface area contributed by atoms with Gasteiger partial charge in [0.05, 0.1) is 12.6 Å². The molecule has 0 fully saturated rings. The Balaban J connectivity index is 3.64. The molecule has 0 heterocycles. The molecule has 0 saturated carbocycles. The van der Waals surface area contributed by atoms with Crippen LogP contribution in [0.5, 0.6) is 5.75 Å². The van der Waals surface area contributed by atoms with E-state index in [9.17, 15) is 17.6 Å². The normalized spacial score (nSPS) is 10.8. The number of hydrogen-bond acceptors (Lipinski definition) is 2. The van der Waals surface area contributed by atoms with E-state index in [2.05, 4.69) is 4.85 Å². The van der Waals surface area contributed by atoms with Crippen LogP contribution in [0.2, 0.25) is 0 Å². The Kier molecular flexibility index (Phi) is 3.34. The largest absolute Gasteiger partial charge is 0.503 e. The maximum absolute atomic E-state index is 13.1. The molecule has 1 rings (SSSR count). The van der Waals surface area contributed by atoms with Crippen LogP contribution >= 0.6 is 0 Å². The molecule has 0 aliphatic carbocycles. The van der Waals surface area contributed by atoms with Gasteiger partial charge in [0.2, 0.25) is 11.6 Å². The predicted molar refractivity (Wildman–Crippen MR) is 48.1 cm³/mol. The number of phenols is 1. The fraction of sp³-hybridized carbons (Fsp3) is 0. The molecule has 3 nitrogen and oxygen atoms in total. The standard InChI is InChI=1S/C10H2F4N2O/c1-16-4(3-15)2-5-6(11)8(13)10(17)9(14)7(5)12/h2,17H. The summed E-state index contributed by atoms with van der Waals surface area (Å²) in [6.45, 7) is 6.45. The molecule has 0 atom stereocenters. The molecular formula is C10H2F4N2O. The summed E-state index contributed by atoms with van der Waals surface area (Å²) in [6.07, 6.45) is 0.350. The first kappa shape index (κ1) is 12.5. The summed E-state index contributed by atoms with van der Waals surface area (Å²) in [7, 11) is 0. The van der Waals surface area contributed by atoms with Crippen LogP contribution in [0.25, 0.3) is 10.9 Å². The maximum Gasteiger partial charge on any atom is 0.262 e. The summed E-state index contributed by atoms with van der Waals surface area (Å²) >= 11 is 0. The Morgan fingerprint density at radius 2 is 1.65 bits per heavy atom. The zero-order chi connectivity index (χ0) is 13.2. The van der Waals surface area contributed by atoms with Crippen molar-refractivity contribution < 1.29 is 22.7 Å². The van der Waals surface area contributed by atoms with Crippen LogP contribution in [0, 0.1) is 41.2 Å². The first-order valence-electron chi connectivity index (χ1n) is 3.98. The lowest BCUT2D eigenvalue weighted by molar-refractivity contribution is 0.355. The molecule has 0 radical (unpaired) electrons. The van der Waals surface area contributed by atoms with Crippen molar-refractivity contribution in [2.75, 3.05) is 0 Å². The minimum absolute atomic E-state index is 0.350. The molecule has 86 valence electrons. The third-order valence-corrected chi connectivity index (χ3v) is 1.79. The first-order valence-corrected chi connectivity index (χ1v) is 3.98. The van der Waals surface area contributed by atoms with E-state index < -0.39 is 40.3 Å². The van der Waals surface area contributed by atoms with Gasteiger partial charge in [-0.05, 0) is 6.08 Å². The van der Waals surface area contributed by atoms with E-state index in [-0.39, 0.29) is 0 Å². The van der Waals surface area contributed by atoms with Gasteiger partial charge >= 0.3 is 0 Å². The highest BCUT2D eigenvalue weighted by Crippen LogP contribution is 2.30. The van der Waals surface area contributed by atoms with Gasteiger partial charge in [-0.15, -0.1) is 0 Å². The van der Waals surface area contributed by atoms with E-state index in [1.165, 1.54) is 6.07 Å². The average molecular weight is 242 g/mol. The van der Waals surface area contributed by atoms with Crippen LogP contribution in [0.1, 0.15) is 5.56 Å². The number of hydrogen-bond donors (Lipinski definition) is 1. The topological polar surface area (TPSA) is 48.4 Å². The van der Waals surface area contributed by atoms with Crippen LogP contribution in [0.3, 0.4) is 0 Å². The highest BCUT2D eigenvalue weighted by molar-refractivity contribution is 5.61. The molecule has 1 aromatic carbocycles. The quantitative estimate of drug-likeness (QED) is 0.356. The van der Waals surface area contributed by atoms with Crippen molar-refractivity contribution >= 4 is 6.08 Å². The molecule has 0 saturated heterocycles. The smallest absolute Gasteiger partial charge is 0.262 e. The van der Waals surface area contributed by atoms with Crippen molar-refractivity contribution in [2.24, 2.45) is 0 Å². The molecule has 1 N–H and O–H groups in total. The summed E-state index contributed by atoms with van der Waals surface area (Å²) in [5.41, 5.74) is -1.99. The van der Waals surface area contributed by atoms with Gasteiger partial charge in [0.25, 0.3) is 5.70 Å². The molecule has 0 bridgehead atoms. The lowest BCUT2D eigenvalue weighted by atomic mass is 10.1. The van der Waals surface area contributed by atoms with E-state index >= 15 is 0 Å². The minimum atomic E-state index is -1.99. The third-order valence-electron chi connectivity index (χ3n) is 1.79. The van der Waals surface area contributed by atoms with Crippen molar-refractivity contribution in [1.29, 1.82) is 5.26 Å². The van der Waals surface area contributed by atoms with Crippen LogP contribution in [0.4, 0.5) is 17.6 Å². The predicted octanol–water partition coefficient (Wildman–Crippen LogP) is 2.73. The number of allylic oxidation sites excluding steroid dienone is 1. The zero-order valence-corrected chi connectivity index (χ0v) is 7.93. The first-order chi connectivity index (χ1) is 7.93. The van der Waals surface area contributed by atoms with Crippen molar-refractivity contribution in [3.8, 4) is 11.8 Å². The fourth-order valence-corrected chi connectivity index (χ4v) is 0.990. The summed E-state index contributed by atoms with van der Waals surface area (Å²) in [4.78, 5) is 2.58. The number of benzene rings is 1. The second-order valence-corrected chi connectivity index (χ2v) is 2.77. The highest BCUT2D eigenvalue weighted by Gasteiger charge is 2.24. The number of rotatable bonds is 1. The SMILES string of the molecule is [C-]#[N+]C(C#N)=Cc1c(F)c(F)c(O)c(F)c1F. The van der Waals surface area contributed by atoms with Gasteiger partial charge in [-0.1, -0.05) is 0 Å². The van der Waals surface area contributed by atoms with E-state index in [1.54, 1.807) is 0 Å². The monoisotopic (exact) mass is 242 g/mol. The lowest BCUT2D eigenvalue weighted by Gasteiger charge is -2.05. The Morgan fingerprint density at radius 1 is 1.18 bits per heavy atom. The highest BCUT2D eigenvalue weighted by atomic mass is 19.2. The van der Waals surface area contributed by atoms with Gasteiger partial charge < -0.3 is 5.11 Å². The second-order valence-electron chi connectivity index (χ2n) is 2.77. The van der Waals surface area contributed by atoms with Crippen molar-refractivity contribution in [3.63, 3.8) is 0 Å². The van der Waals surface area contributed by atoms with Gasteiger partial charge in [-0.25, -0.2) is 18.9 Å². The van der Waals surface area contributed by atoms with Crippen LogP contribution < -0.4 is 0 Å². The van der Waals surface area contributed by atoms with E-state index in [4.69, 9.17) is 16.9 Å². The number of aromatic hydroxyl groups is 1. The number of halogens is 4. The number of nitriles is 1. The van der Waals surface area contributed by atoms with Crippen LogP contribution in [-0.4, -0.2) is 5.11 Å². The summed E-state index contributed by atoms with van der Waals surface area (Å²) in [5, 5.41) is 17.0. The van der Waals surface area contributed by atoms with E-state index in [1.807, 2.05) is 0 Å². The van der Waals surface area contributed by atoms with E-state index in [0.29, 0.717) is 6.08 Å². The third kappa shape index (κ3) is 2.04. The van der Waals surface area contributed by atoms with Gasteiger partial charge in [0, 0.05) is 5.56 Å². The molecule has 0 spiro atoms. The van der Waals surface area contributed by atoms with Crippen LogP contribution in [-0.2, 0) is 0 Å². The van der Waals surface area contributed by atoms with Crippen molar-refractivity contribution in [3.05, 3.63) is 45.9 Å². The molecule has 1 aromatic rings. The molecular weight excluding hydrogens is 240 g/mol. The maximum atomic E-state index is 13.1. The fourth-order valence-electron chi connectivity index (χ4n) is 0.990. The van der Waals surface area contributed by atoms with Gasteiger partial charge in [-0.3, -0.25) is 0 Å². The second kappa shape index (κ2) is 4.54. The number of nitrogens with zero attached hydrogens (tertiary/aromatic N) is 2. The summed E-state index contributed by atoms with van der Waals surface area (Å²) in [6, 6.07) is 1.27. The molecule has 0 aliphatic rings. The minimum Gasteiger partial charge on any atom is -0.503 e. The zero-order valence-electron chi connectivity index (χ0n) is 7.93. The molecule has 0 amide bonds.